The minimum Gasteiger partial charge on any atom is -0.428 e. The van der Waals surface area contributed by atoms with Gasteiger partial charge in [-0.1, -0.05) is 0 Å². The normalized spacial score (nSPS) is 34.3. The van der Waals surface area contributed by atoms with Crippen molar-refractivity contribution in [3.05, 3.63) is 0 Å². The summed E-state index contributed by atoms with van der Waals surface area (Å²) in [7, 11) is 4.65. The Labute approximate surface area is 62.6 Å². The van der Waals surface area contributed by atoms with Gasteiger partial charge in [0.05, 0.1) is 17.0 Å². The number of hydrogen-bond donors (Lipinski definition) is 0. The Bertz CT molecular complexity index is 83.9. The molecule has 2 nitrogen and oxygen atoms in total. The van der Waals surface area contributed by atoms with E-state index in [9.17, 15) is 0 Å². The summed E-state index contributed by atoms with van der Waals surface area (Å²) >= 11 is 0. The fraction of sp³-hybridized carbons (Fsp3) is 1.00. The lowest BCUT2D eigenvalue weighted by Crippen LogP contribution is -2.46. The Morgan fingerprint density at radius 2 is 2.33 bits per heavy atom. The molecular weight excluding hydrogens is 162 g/mol. The van der Waals surface area contributed by atoms with Crippen molar-refractivity contribution in [1.29, 1.82) is 0 Å². The Kier molecular flexibility index (Phi) is 3.13. The molecule has 0 radical (unpaired) electrons. The van der Waals surface area contributed by atoms with Gasteiger partial charge in [-0.25, -0.2) is 0 Å². The fourth-order valence-corrected chi connectivity index (χ4v) is 20.1. The van der Waals surface area contributed by atoms with Crippen molar-refractivity contribution in [1.82, 2.24) is 4.57 Å². The van der Waals surface area contributed by atoms with Gasteiger partial charge in [0.15, 0.2) is 0 Å². The zero-order valence-electron chi connectivity index (χ0n) is 6.26. The molecule has 0 aromatic carbocycles. The predicted molar refractivity (Wildman–Crippen MR) is 48.7 cm³/mol. The molecule has 1 aliphatic rings. The largest absolute Gasteiger partial charge is 0.428 e. The van der Waals surface area contributed by atoms with E-state index in [1.54, 1.807) is 0 Å². The third kappa shape index (κ3) is 2.34. The average Bonchev–Trinajstić information content (AvgIpc) is 1.90. The van der Waals surface area contributed by atoms with Crippen molar-refractivity contribution in [3.63, 3.8) is 0 Å². The first-order chi connectivity index (χ1) is 4.30. The van der Waals surface area contributed by atoms with E-state index in [0.717, 1.165) is 6.61 Å². The van der Waals surface area contributed by atoms with E-state index < -0.39 is 0 Å². The highest BCUT2D eigenvalue weighted by Crippen LogP contribution is 1.98. The van der Waals surface area contributed by atoms with E-state index in [1.165, 1.54) is 6.04 Å². The molecule has 1 aliphatic heterocycles. The van der Waals surface area contributed by atoms with Crippen molar-refractivity contribution in [2.75, 3.05) is 20.7 Å². The molecule has 1 saturated heterocycles. The van der Waals surface area contributed by atoms with Gasteiger partial charge in [-0.2, -0.15) is 0 Å². The molecule has 0 aromatic heterocycles. The second kappa shape index (κ2) is 3.67. The van der Waals surface area contributed by atoms with Crippen molar-refractivity contribution in [2.45, 2.75) is 6.04 Å². The lowest BCUT2D eigenvalue weighted by atomic mass is 10.9. The first kappa shape index (κ1) is 7.68. The summed E-state index contributed by atoms with van der Waals surface area (Å²) < 4.78 is 7.97. The zero-order valence-corrected chi connectivity index (χ0v) is 10.2. The molecule has 0 spiro atoms. The van der Waals surface area contributed by atoms with E-state index >= 15 is 0 Å². The van der Waals surface area contributed by atoms with Crippen LogP contribution in [0.4, 0.5) is 0 Å². The fourth-order valence-electron chi connectivity index (χ4n) is 1.20. The van der Waals surface area contributed by atoms with E-state index in [4.69, 9.17) is 4.43 Å². The Morgan fingerprint density at radius 1 is 1.56 bits per heavy atom. The van der Waals surface area contributed by atoms with Gasteiger partial charge in [-0.3, -0.25) is 0 Å². The van der Waals surface area contributed by atoms with Gasteiger partial charge in [0, 0.05) is 6.61 Å². The number of hydrogen-bond acceptors (Lipinski definition) is 2. The summed E-state index contributed by atoms with van der Waals surface area (Å²) in [5.41, 5.74) is 0. The van der Waals surface area contributed by atoms with E-state index in [2.05, 4.69) is 18.7 Å². The van der Waals surface area contributed by atoms with Crippen LogP contribution in [0, 0.1) is 0 Å². The molecule has 1 unspecified atom stereocenters. The number of rotatable bonds is 1. The van der Waals surface area contributed by atoms with Crippen LogP contribution < -0.4 is 0 Å². The van der Waals surface area contributed by atoms with Crippen LogP contribution in [-0.4, -0.2) is 51.6 Å². The lowest BCUT2D eigenvalue weighted by molar-refractivity contribution is 0.363. The highest BCUT2D eigenvalue weighted by Gasteiger charge is 2.17. The molecule has 1 fully saturated rings. The summed E-state index contributed by atoms with van der Waals surface area (Å²) in [5.74, 6) is 0. The molecule has 1 atom stereocenters. The van der Waals surface area contributed by atoms with Crippen LogP contribution in [0.3, 0.4) is 0 Å². The minimum absolute atomic E-state index is 0.0772. The molecule has 0 N–H and O–H groups in total. The maximum Gasteiger partial charge on any atom is 0.142 e. The molecular formula is C4H15NOSi3. The standard InChI is InChI=1S/C4H15NOSi3/c1-5(2)9-4-3-6-7-8-9/h9H,3-4,7-8H2,1-2H3. The molecule has 0 aliphatic carbocycles. The van der Waals surface area contributed by atoms with Gasteiger partial charge in [0.1, 0.15) is 9.28 Å². The Balaban J connectivity index is 2.23. The van der Waals surface area contributed by atoms with Crippen molar-refractivity contribution in [3.8, 4) is 0 Å². The quantitative estimate of drug-likeness (QED) is 0.428. The van der Waals surface area contributed by atoms with E-state index in [1.807, 2.05) is 0 Å². The molecule has 5 heteroatoms. The van der Waals surface area contributed by atoms with Gasteiger partial charge < -0.3 is 8.99 Å². The Hall–Kier alpha value is 0.571. The van der Waals surface area contributed by atoms with E-state index in [0.29, 0.717) is 8.55 Å². The van der Waals surface area contributed by atoms with Gasteiger partial charge in [0.25, 0.3) is 0 Å². The summed E-state index contributed by atoms with van der Waals surface area (Å²) in [6.45, 7) is 1.11. The topological polar surface area (TPSA) is 12.5 Å². The SMILES string of the molecule is CN(C)[SiH]1CCO[SiH2][SiH2]1. The summed E-state index contributed by atoms with van der Waals surface area (Å²) in [4.78, 5) is 0. The van der Waals surface area contributed by atoms with Crippen LogP contribution in [0.15, 0.2) is 0 Å². The van der Waals surface area contributed by atoms with Crippen LogP contribution in [-0.2, 0) is 4.43 Å². The lowest BCUT2D eigenvalue weighted by Gasteiger charge is -2.25. The van der Waals surface area contributed by atoms with Crippen molar-refractivity contribution >= 4 is 26.3 Å². The summed E-state index contributed by atoms with van der Waals surface area (Å²) in [5, 5.41) is 0. The second-order valence-corrected chi connectivity index (χ2v) is 18.1. The molecule has 9 heavy (non-hydrogen) atoms. The third-order valence-electron chi connectivity index (χ3n) is 1.92. The van der Waals surface area contributed by atoms with Crippen molar-refractivity contribution < 1.29 is 4.43 Å². The second-order valence-electron chi connectivity index (χ2n) is 2.81. The van der Waals surface area contributed by atoms with Gasteiger partial charge in [-0.15, -0.1) is 0 Å². The van der Waals surface area contributed by atoms with E-state index in [-0.39, 0.29) is 17.8 Å². The first-order valence-corrected chi connectivity index (χ1v) is 12.7. The molecule has 0 aromatic rings. The smallest absolute Gasteiger partial charge is 0.142 e. The number of nitrogens with zero attached hydrogens (tertiary/aromatic N) is 1. The van der Waals surface area contributed by atoms with Gasteiger partial charge in [-0.05, 0) is 20.1 Å². The molecule has 0 saturated carbocycles. The van der Waals surface area contributed by atoms with Gasteiger partial charge >= 0.3 is 0 Å². The molecule has 54 valence electrons. The van der Waals surface area contributed by atoms with Crippen LogP contribution in [0.5, 0.6) is 0 Å². The van der Waals surface area contributed by atoms with Crippen LogP contribution in [0.2, 0.25) is 6.04 Å². The van der Waals surface area contributed by atoms with Gasteiger partial charge in [0.2, 0.25) is 0 Å². The summed E-state index contributed by atoms with van der Waals surface area (Å²) in [6.07, 6.45) is 0. The zero-order chi connectivity index (χ0) is 6.69. The predicted octanol–water partition coefficient (Wildman–Crippen LogP) is -2.03. The molecule has 0 amide bonds. The Morgan fingerprint density at radius 3 is 2.67 bits per heavy atom. The molecule has 0 bridgehead atoms. The first-order valence-electron chi connectivity index (χ1n) is 3.55. The maximum atomic E-state index is 5.46. The van der Waals surface area contributed by atoms with Crippen LogP contribution in [0.25, 0.3) is 0 Å². The third-order valence-corrected chi connectivity index (χ3v) is 20.9. The maximum absolute atomic E-state index is 5.46. The van der Waals surface area contributed by atoms with Crippen molar-refractivity contribution in [2.24, 2.45) is 0 Å². The average molecular weight is 177 g/mol. The highest BCUT2D eigenvalue weighted by molar-refractivity contribution is 7.34. The minimum atomic E-state index is -0.291. The van der Waals surface area contributed by atoms with Crippen LogP contribution >= 0.6 is 0 Å². The monoisotopic (exact) mass is 177 g/mol. The summed E-state index contributed by atoms with van der Waals surface area (Å²) in [6, 6.07) is 1.44. The molecule has 1 rings (SSSR count). The van der Waals surface area contributed by atoms with Crippen LogP contribution in [0.1, 0.15) is 0 Å². The molecule has 1 heterocycles. The highest BCUT2D eigenvalue weighted by atomic mass is 29.6.